The number of nitrogens with one attached hydrogen (secondary N) is 1. The summed E-state index contributed by atoms with van der Waals surface area (Å²) in [6, 6.07) is 13.1. The molecule has 1 atom stereocenters. The molecule has 0 fully saturated rings. The van der Waals surface area contributed by atoms with Gasteiger partial charge in [-0.3, -0.25) is 0 Å². The van der Waals surface area contributed by atoms with Gasteiger partial charge in [0.25, 0.3) is 0 Å². The second-order valence-electron chi connectivity index (χ2n) is 4.40. The van der Waals surface area contributed by atoms with Crippen LogP contribution >= 0.6 is 11.3 Å². The van der Waals surface area contributed by atoms with Crippen molar-refractivity contribution in [3.05, 3.63) is 52.2 Å². The first kappa shape index (κ1) is 14.1. The molecule has 1 heterocycles. The van der Waals surface area contributed by atoms with Crippen molar-refractivity contribution in [2.75, 3.05) is 13.2 Å². The molecule has 2 nitrogen and oxygen atoms in total. The topological polar surface area (TPSA) is 21.3 Å². The Balaban J connectivity index is 2.15. The van der Waals surface area contributed by atoms with Crippen LogP contribution in [0, 0.1) is 0 Å². The Morgan fingerprint density at radius 2 is 2.11 bits per heavy atom. The van der Waals surface area contributed by atoms with Crippen LogP contribution < -0.4 is 10.1 Å². The second-order valence-corrected chi connectivity index (χ2v) is 5.43. The fourth-order valence-electron chi connectivity index (χ4n) is 2.17. The highest BCUT2D eigenvalue weighted by Crippen LogP contribution is 2.24. The van der Waals surface area contributed by atoms with E-state index in [1.807, 2.05) is 24.3 Å². The Morgan fingerprint density at radius 3 is 2.79 bits per heavy atom. The summed E-state index contributed by atoms with van der Waals surface area (Å²) in [6.07, 6.45) is 1.03. The van der Waals surface area contributed by atoms with Crippen LogP contribution in [-0.4, -0.2) is 13.2 Å². The smallest absolute Gasteiger partial charge is 0.119 e. The van der Waals surface area contributed by atoms with Gasteiger partial charge in [-0.25, -0.2) is 0 Å². The van der Waals surface area contributed by atoms with E-state index < -0.39 is 0 Å². The molecule has 1 aromatic heterocycles. The average molecular weight is 275 g/mol. The van der Waals surface area contributed by atoms with Crippen molar-refractivity contribution in [1.82, 2.24) is 5.32 Å². The van der Waals surface area contributed by atoms with Gasteiger partial charge in [-0.15, -0.1) is 11.3 Å². The molecule has 1 N–H and O–H groups in total. The highest BCUT2D eigenvalue weighted by atomic mass is 32.1. The Morgan fingerprint density at radius 1 is 1.21 bits per heavy atom. The molecular formula is C16H21NOS. The Hall–Kier alpha value is -1.32. The highest BCUT2D eigenvalue weighted by molar-refractivity contribution is 7.09. The summed E-state index contributed by atoms with van der Waals surface area (Å²) in [7, 11) is 0. The van der Waals surface area contributed by atoms with Gasteiger partial charge >= 0.3 is 0 Å². The number of rotatable bonds is 7. The third-order valence-corrected chi connectivity index (χ3v) is 3.91. The van der Waals surface area contributed by atoms with Gasteiger partial charge in [0.2, 0.25) is 0 Å². The van der Waals surface area contributed by atoms with E-state index in [4.69, 9.17) is 4.74 Å². The first-order chi connectivity index (χ1) is 9.33. The number of hydrogen-bond acceptors (Lipinski definition) is 3. The van der Waals surface area contributed by atoms with Crippen LogP contribution in [-0.2, 0) is 6.42 Å². The fraction of sp³-hybridized carbons (Fsp3) is 0.375. The third-order valence-electron chi connectivity index (χ3n) is 3.01. The summed E-state index contributed by atoms with van der Waals surface area (Å²) < 4.78 is 5.58. The van der Waals surface area contributed by atoms with Gasteiger partial charge in [-0.1, -0.05) is 25.1 Å². The third kappa shape index (κ3) is 4.08. The van der Waals surface area contributed by atoms with Gasteiger partial charge in [-0.05, 0) is 42.6 Å². The lowest BCUT2D eigenvalue weighted by molar-refractivity contribution is 0.339. The molecule has 102 valence electrons. The summed E-state index contributed by atoms with van der Waals surface area (Å²) in [6.45, 7) is 5.84. The Labute approximate surface area is 119 Å². The summed E-state index contributed by atoms with van der Waals surface area (Å²) >= 11 is 1.81. The zero-order valence-corrected chi connectivity index (χ0v) is 12.4. The summed E-state index contributed by atoms with van der Waals surface area (Å²) in [5.41, 5.74) is 1.29. The van der Waals surface area contributed by atoms with Gasteiger partial charge in [0.05, 0.1) is 6.61 Å². The van der Waals surface area contributed by atoms with E-state index in [0.29, 0.717) is 12.6 Å². The van der Waals surface area contributed by atoms with Gasteiger partial charge < -0.3 is 10.1 Å². The van der Waals surface area contributed by atoms with Crippen molar-refractivity contribution in [2.24, 2.45) is 0 Å². The largest absolute Gasteiger partial charge is 0.494 e. The first-order valence-electron chi connectivity index (χ1n) is 6.82. The van der Waals surface area contributed by atoms with Crippen molar-refractivity contribution >= 4 is 11.3 Å². The predicted octanol–water partition coefficient (Wildman–Crippen LogP) is 4.04. The van der Waals surface area contributed by atoms with E-state index in [0.717, 1.165) is 18.7 Å². The average Bonchev–Trinajstić information content (AvgIpc) is 2.92. The number of benzene rings is 1. The first-order valence-corrected chi connectivity index (χ1v) is 7.70. The standard InChI is InChI=1S/C16H21NOS/c1-3-17-16(12-15-9-6-10-19-15)13-7-5-8-14(11-13)18-4-2/h5-11,16-17H,3-4,12H2,1-2H3. The number of thiophene rings is 1. The maximum absolute atomic E-state index is 5.58. The highest BCUT2D eigenvalue weighted by Gasteiger charge is 2.12. The van der Waals surface area contributed by atoms with Crippen LogP contribution in [0.1, 0.15) is 30.3 Å². The maximum atomic E-state index is 5.58. The molecule has 2 rings (SSSR count). The molecule has 0 saturated heterocycles. The monoisotopic (exact) mass is 275 g/mol. The van der Waals surface area contributed by atoms with Crippen LogP contribution in [0.4, 0.5) is 0 Å². The molecule has 0 aliphatic rings. The van der Waals surface area contributed by atoms with Gasteiger partial charge in [0.15, 0.2) is 0 Å². The molecule has 2 aromatic rings. The summed E-state index contributed by atoms with van der Waals surface area (Å²) in [5.74, 6) is 0.953. The minimum absolute atomic E-state index is 0.351. The molecule has 0 aliphatic heterocycles. The van der Waals surface area contributed by atoms with E-state index in [9.17, 15) is 0 Å². The van der Waals surface area contributed by atoms with Crippen LogP contribution in [0.3, 0.4) is 0 Å². The van der Waals surface area contributed by atoms with Crippen molar-refractivity contribution in [3.63, 3.8) is 0 Å². The van der Waals surface area contributed by atoms with Crippen LogP contribution in [0.15, 0.2) is 41.8 Å². The Bertz CT molecular complexity index is 481. The van der Waals surface area contributed by atoms with Crippen LogP contribution in [0.2, 0.25) is 0 Å². The quantitative estimate of drug-likeness (QED) is 0.823. The van der Waals surface area contributed by atoms with Gasteiger partial charge in [0, 0.05) is 17.3 Å². The normalized spacial score (nSPS) is 12.3. The van der Waals surface area contributed by atoms with E-state index in [-0.39, 0.29) is 0 Å². The van der Waals surface area contributed by atoms with E-state index in [1.54, 1.807) is 0 Å². The molecule has 0 aliphatic carbocycles. The van der Waals surface area contributed by atoms with E-state index in [2.05, 4.69) is 48.0 Å². The summed E-state index contributed by atoms with van der Waals surface area (Å²) in [4.78, 5) is 1.41. The molecule has 19 heavy (non-hydrogen) atoms. The molecule has 0 bridgehead atoms. The second kappa shape index (κ2) is 7.31. The molecule has 1 aromatic carbocycles. The SMILES string of the molecule is CCNC(Cc1cccs1)c1cccc(OCC)c1. The zero-order chi connectivity index (χ0) is 13.5. The molecule has 0 saturated carbocycles. The molecule has 0 spiro atoms. The Kier molecular flexibility index (Phi) is 5.43. The lowest BCUT2D eigenvalue weighted by Gasteiger charge is -2.18. The molecule has 0 radical (unpaired) electrons. The summed E-state index contributed by atoms with van der Waals surface area (Å²) in [5, 5.41) is 5.69. The van der Waals surface area contributed by atoms with Crippen LogP contribution in [0.25, 0.3) is 0 Å². The van der Waals surface area contributed by atoms with E-state index >= 15 is 0 Å². The molecule has 0 amide bonds. The van der Waals surface area contributed by atoms with Gasteiger partial charge in [-0.2, -0.15) is 0 Å². The fourth-order valence-corrected chi connectivity index (χ4v) is 2.92. The lowest BCUT2D eigenvalue weighted by atomic mass is 10.0. The van der Waals surface area contributed by atoms with Crippen molar-refractivity contribution in [1.29, 1.82) is 0 Å². The number of likely N-dealkylation sites (N-methyl/N-ethyl adjacent to an activating group) is 1. The molecule has 3 heteroatoms. The van der Waals surface area contributed by atoms with Gasteiger partial charge in [0.1, 0.15) is 5.75 Å². The lowest BCUT2D eigenvalue weighted by Crippen LogP contribution is -2.22. The van der Waals surface area contributed by atoms with E-state index in [1.165, 1.54) is 10.4 Å². The number of hydrogen-bond donors (Lipinski definition) is 1. The van der Waals surface area contributed by atoms with Crippen molar-refractivity contribution in [2.45, 2.75) is 26.3 Å². The minimum Gasteiger partial charge on any atom is -0.494 e. The molecule has 1 unspecified atom stereocenters. The van der Waals surface area contributed by atoms with Crippen molar-refractivity contribution < 1.29 is 4.74 Å². The predicted molar refractivity (Wildman–Crippen MR) is 82.1 cm³/mol. The number of ether oxygens (including phenoxy) is 1. The zero-order valence-electron chi connectivity index (χ0n) is 11.6. The van der Waals surface area contributed by atoms with Crippen molar-refractivity contribution in [3.8, 4) is 5.75 Å². The van der Waals surface area contributed by atoms with Crippen LogP contribution in [0.5, 0.6) is 5.75 Å². The minimum atomic E-state index is 0.351. The molecular weight excluding hydrogens is 254 g/mol. The maximum Gasteiger partial charge on any atom is 0.119 e.